The van der Waals surface area contributed by atoms with E-state index in [1.54, 1.807) is 36.3 Å². The van der Waals surface area contributed by atoms with Gasteiger partial charge in [0.05, 0.1) is 6.26 Å². The summed E-state index contributed by atoms with van der Waals surface area (Å²) in [6, 6.07) is 6.86. The highest BCUT2D eigenvalue weighted by Gasteiger charge is 2.00. The molecule has 0 saturated carbocycles. The van der Waals surface area contributed by atoms with Gasteiger partial charge in [0.1, 0.15) is 0 Å². The second-order valence-electron chi connectivity index (χ2n) is 3.08. The second-order valence-corrected chi connectivity index (χ2v) is 4.83. The Kier molecular flexibility index (Phi) is 3.93. The van der Waals surface area contributed by atoms with Crippen LogP contribution in [0.2, 0.25) is 0 Å². The average Bonchev–Trinajstić information content (AvgIpc) is 2.14. The van der Waals surface area contributed by atoms with Crippen LogP contribution in [0.4, 0.5) is 5.69 Å². The van der Waals surface area contributed by atoms with Crippen molar-refractivity contribution in [2.75, 3.05) is 11.0 Å². The van der Waals surface area contributed by atoms with E-state index in [1.165, 1.54) is 0 Å². The average molecular weight is 225 g/mol. The topological polar surface area (TPSA) is 66.4 Å². The maximum absolute atomic E-state index is 10.9. The maximum atomic E-state index is 10.9. The van der Waals surface area contributed by atoms with Crippen LogP contribution in [0.3, 0.4) is 0 Å². The minimum Gasteiger partial charge on any atom is -0.450 e. The van der Waals surface area contributed by atoms with Crippen molar-refractivity contribution >= 4 is 29.3 Å². The molecule has 0 saturated heterocycles. The van der Waals surface area contributed by atoms with E-state index in [0.717, 1.165) is 11.8 Å². The Hall–Kier alpha value is -1.27. The van der Waals surface area contributed by atoms with Gasteiger partial charge in [-0.3, -0.25) is 4.72 Å². The number of rotatable bonds is 4. The Bertz CT molecular complexity index is 439. The van der Waals surface area contributed by atoms with Crippen molar-refractivity contribution in [3.63, 3.8) is 0 Å². The summed E-state index contributed by atoms with van der Waals surface area (Å²) in [4.78, 5) is 0. The normalized spacial score (nSPS) is 11.6. The van der Waals surface area contributed by atoms with E-state index in [1.807, 2.05) is 0 Å². The lowest BCUT2D eigenvalue weighted by Crippen LogP contribution is -2.09. The summed E-state index contributed by atoms with van der Waals surface area (Å²) < 4.78 is 24.2. The third kappa shape index (κ3) is 4.67. The zero-order valence-electron chi connectivity index (χ0n) is 8.34. The Morgan fingerprint density at radius 2 is 1.93 bits per heavy atom. The van der Waals surface area contributed by atoms with Crippen LogP contribution in [0.5, 0.6) is 0 Å². The fourth-order valence-corrected chi connectivity index (χ4v) is 1.63. The molecule has 2 N–H and O–H groups in total. The van der Waals surface area contributed by atoms with Crippen LogP contribution in [0.15, 0.2) is 30.2 Å². The fraction of sp³-hybridized carbons (Fsp3) is 0.111. The summed E-state index contributed by atoms with van der Waals surface area (Å²) in [5.74, 6) is 1.61. The highest BCUT2D eigenvalue weighted by Crippen LogP contribution is 2.11. The number of nitrogens with one attached hydrogen (secondary N) is 1. The molecule has 0 atom stereocenters. The molecule has 4 nitrogen and oxygen atoms in total. The molecule has 1 aromatic carbocycles. The van der Waals surface area contributed by atoms with Crippen LogP contribution >= 0.6 is 0 Å². The molecule has 0 radical (unpaired) electrons. The molecule has 15 heavy (non-hydrogen) atoms. The fourth-order valence-electron chi connectivity index (χ4n) is 1.07. The van der Waals surface area contributed by atoms with Crippen molar-refractivity contribution in [3.05, 3.63) is 35.8 Å². The van der Waals surface area contributed by atoms with Crippen LogP contribution < -0.4 is 4.72 Å². The quantitative estimate of drug-likeness (QED) is 0.727. The van der Waals surface area contributed by atoms with Crippen LogP contribution in [-0.4, -0.2) is 27.2 Å². The second kappa shape index (κ2) is 5.00. The molecule has 0 bridgehead atoms. The predicted molar refractivity (Wildman–Crippen MR) is 63.3 cm³/mol. The van der Waals surface area contributed by atoms with E-state index in [9.17, 15) is 8.42 Å². The zero-order chi connectivity index (χ0) is 11.3. The van der Waals surface area contributed by atoms with Crippen LogP contribution in [0.1, 0.15) is 5.56 Å². The molecular formula is C9H12BNO3S. The number of sulfonamides is 1. The summed E-state index contributed by atoms with van der Waals surface area (Å²) in [7, 11) is -3.23. The lowest BCUT2D eigenvalue weighted by Gasteiger charge is -2.03. The molecule has 0 heterocycles. The van der Waals surface area contributed by atoms with E-state index in [4.69, 9.17) is 5.02 Å². The number of hydrogen-bond donors (Lipinski definition) is 2. The maximum Gasteiger partial charge on any atom is 0.297 e. The summed E-state index contributed by atoms with van der Waals surface area (Å²) in [5, 5.41) is 8.56. The molecular weight excluding hydrogens is 213 g/mol. The first-order chi connectivity index (χ1) is 7.01. The first-order valence-electron chi connectivity index (χ1n) is 4.36. The van der Waals surface area contributed by atoms with Gasteiger partial charge in [-0.1, -0.05) is 24.2 Å². The molecule has 0 fully saturated rings. The van der Waals surface area contributed by atoms with Gasteiger partial charge < -0.3 is 5.02 Å². The van der Waals surface area contributed by atoms with Gasteiger partial charge in [-0.15, -0.1) is 0 Å². The van der Waals surface area contributed by atoms with Crippen LogP contribution in [0.25, 0.3) is 6.08 Å². The molecule has 0 aliphatic carbocycles. The van der Waals surface area contributed by atoms with Crippen molar-refractivity contribution in [3.8, 4) is 0 Å². The minimum atomic E-state index is -3.21. The monoisotopic (exact) mass is 225 g/mol. The molecule has 1 rings (SSSR count). The van der Waals surface area contributed by atoms with Gasteiger partial charge in [0.15, 0.2) is 0 Å². The van der Waals surface area contributed by atoms with E-state index >= 15 is 0 Å². The van der Waals surface area contributed by atoms with Crippen LogP contribution in [0, 0.1) is 0 Å². The van der Waals surface area contributed by atoms with Gasteiger partial charge in [0.25, 0.3) is 7.48 Å². The lowest BCUT2D eigenvalue weighted by atomic mass is 10.0. The SMILES string of the molecule is CS(=O)(=O)Nc1ccc(/C=C/BO)cc1. The Morgan fingerprint density at radius 1 is 1.33 bits per heavy atom. The smallest absolute Gasteiger partial charge is 0.297 e. The molecule has 0 amide bonds. The van der Waals surface area contributed by atoms with Crippen molar-refractivity contribution in [2.45, 2.75) is 0 Å². The number of anilines is 1. The van der Waals surface area contributed by atoms with Crippen molar-refractivity contribution in [1.29, 1.82) is 0 Å². The molecule has 0 spiro atoms. The molecule has 0 aliphatic heterocycles. The first kappa shape index (κ1) is 11.8. The lowest BCUT2D eigenvalue weighted by molar-refractivity contribution is 0.606. The van der Waals surface area contributed by atoms with Gasteiger partial charge in [0.2, 0.25) is 10.0 Å². The predicted octanol–water partition coefficient (Wildman–Crippen LogP) is 0.373. The standard InChI is InChI=1S/C9H12BNO3S/c1-15(13,14)11-9-4-2-8(3-5-9)6-7-10-12/h2-7,10-12H,1H3/b7-6+. The summed E-state index contributed by atoms with van der Waals surface area (Å²) in [5.41, 5.74) is 1.43. The molecule has 0 unspecified atom stereocenters. The van der Waals surface area contributed by atoms with E-state index < -0.39 is 10.0 Å². The van der Waals surface area contributed by atoms with Gasteiger partial charge in [0, 0.05) is 5.69 Å². The Labute approximate surface area is 90.0 Å². The highest BCUT2D eigenvalue weighted by atomic mass is 32.2. The molecule has 6 heteroatoms. The van der Waals surface area contributed by atoms with E-state index in [0.29, 0.717) is 5.69 Å². The molecule has 80 valence electrons. The van der Waals surface area contributed by atoms with Gasteiger partial charge in [-0.25, -0.2) is 8.42 Å². The summed E-state index contributed by atoms with van der Waals surface area (Å²) in [6.45, 7) is 0. The summed E-state index contributed by atoms with van der Waals surface area (Å²) >= 11 is 0. The molecule has 1 aromatic rings. The Balaban J connectivity index is 2.77. The highest BCUT2D eigenvalue weighted by molar-refractivity contribution is 7.92. The molecule has 0 aliphatic rings. The first-order valence-corrected chi connectivity index (χ1v) is 6.25. The van der Waals surface area contributed by atoms with E-state index in [-0.39, 0.29) is 7.48 Å². The van der Waals surface area contributed by atoms with Crippen LogP contribution in [-0.2, 0) is 10.0 Å². The van der Waals surface area contributed by atoms with Crippen molar-refractivity contribution in [1.82, 2.24) is 0 Å². The van der Waals surface area contributed by atoms with E-state index in [2.05, 4.69) is 4.72 Å². The number of benzene rings is 1. The zero-order valence-corrected chi connectivity index (χ0v) is 9.16. The molecule has 0 aromatic heterocycles. The van der Waals surface area contributed by atoms with Gasteiger partial charge >= 0.3 is 0 Å². The van der Waals surface area contributed by atoms with Crippen molar-refractivity contribution in [2.24, 2.45) is 0 Å². The largest absolute Gasteiger partial charge is 0.450 e. The Morgan fingerprint density at radius 3 is 2.40 bits per heavy atom. The third-order valence-corrected chi connectivity index (χ3v) is 2.24. The summed E-state index contributed by atoms with van der Waals surface area (Å²) in [6.07, 6.45) is 2.86. The third-order valence-electron chi connectivity index (χ3n) is 1.63. The van der Waals surface area contributed by atoms with Gasteiger partial charge in [-0.05, 0) is 17.7 Å². The van der Waals surface area contributed by atoms with Crippen molar-refractivity contribution < 1.29 is 13.4 Å². The van der Waals surface area contributed by atoms with Gasteiger partial charge in [-0.2, -0.15) is 0 Å². The minimum absolute atomic E-state index is 0.0106. The number of hydrogen-bond acceptors (Lipinski definition) is 3.